The number of carbonyl (C=O) groups excluding carboxylic acids is 1. The van der Waals surface area contributed by atoms with Gasteiger partial charge in [0.25, 0.3) is 11.5 Å². The SMILES string of the molecule is COc1ccc(F)cc1[C@H](C)NC(=O)c1ccc(C)[nH]c1=O. The first kappa shape index (κ1) is 15.8. The van der Waals surface area contributed by atoms with Gasteiger partial charge in [-0.1, -0.05) is 0 Å². The summed E-state index contributed by atoms with van der Waals surface area (Å²) in [5.41, 5.74) is 0.713. The molecule has 0 aliphatic heterocycles. The quantitative estimate of drug-likeness (QED) is 0.910. The van der Waals surface area contributed by atoms with Gasteiger partial charge < -0.3 is 15.0 Å². The molecule has 0 saturated carbocycles. The number of hydrogen-bond donors (Lipinski definition) is 2. The molecule has 1 amide bonds. The smallest absolute Gasteiger partial charge is 0.260 e. The lowest BCUT2D eigenvalue weighted by atomic mass is 10.1. The van der Waals surface area contributed by atoms with Crippen molar-refractivity contribution in [3.8, 4) is 5.75 Å². The van der Waals surface area contributed by atoms with E-state index < -0.39 is 23.3 Å². The molecular weight excluding hydrogens is 287 g/mol. The molecule has 1 heterocycles. The van der Waals surface area contributed by atoms with Gasteiger partial charge in [-0.05, 0) is 44.2 Å². The zero-order chi connectivity index (χ0) is 16.3. The Morgan fingerprint density at radius 1 is 1.32 bits per heavy atom. The van der Waals surface area contributed by atoms with Crippen molar-refractivity contribution in [2.75, 3.05) is 7.11 Å². The number of methoxy groups -OCH3 is 1. The zero-order valence-corrected chi connectivity index (χ0v) is 12.6. The summed E-state index contributed by atoms with van der Waals surface area (Å²) in [6.07, 6.45) is 0. The minimum Gasteiger partial charge on any atom is -0.496 e. The van der Waals surface area contributed by atoms with E-state index in [0.717, 1.165) is 0 Å². The van der Waals surface area contributed by atoms with E-state index in [1.807, 2.05) is 0 Å². The normalized spacial score (nSPS) is 11.8. The molecule has 2 aromatic rings. The van der Waals surface area contributed by atoms with Crippen molar-refractivity contribution < 1.29 is 13.9 Å². The molecule has 1 aromatic carbocycles. The number of halogens is 1. The van der Waals surface area contributed by atoms with E-state index >= 15 is 0 Å². The number of aryl methyl sites for hydroxylation is 1. The van der Waals surface area contributed by atoms with Crippen LogP contribution in [0.5, 0.6) is 5.75 Å². The number of carbonyl (C=O) groups is 1. The first-order valence-electron chi connectivity index (χ1n) is 6.76. The second kappa shape index (κ2) is 6.43. The Labute approximate surface area is 127 Å². The lowest BCUT2D eigenvalue weighted by Gasteiger charge is -2.17. The topological polar surface area (TPSA) is 71.2 Å². The van der Waals surface area contributed by atoms with Gasteiger partial charge in [-0.15, -0.1) is 0 Å². The van der Waals surface area contributed by atoms with E-state index in [9.17, 15) is 14.0 Å². The second-order valence-electron chi connectivity index (χ2n) is 4.97. The highest BCUT2D eigenvalue weighted by molar-refractivity contribution is 5.94. The van der Waals surface area contributed by atoms with Crippen molar-refractivity contribution in [2.45, 2.75) is 19.9 Å². The minimum absolute atomic E-state index is 0.00724. The number of hydrogen-bond acceptors (Lipinski definition) is 3. The molecule has 0 saturated heterocycles. The van der Waals surface area contributed by atoms with Crippen LogP contribution >= 0.6 is 0 Å². The molecule has 0 radical (unpaired) electrons. The maximum absolute atomic E-state index is 13.4. The Balaban J connectivity index is 2.25. The summed E-state index contributed by atoms with van der Waals surface area (Å²) in [6, 6.07) is 6.65. The molecule has 1 aromatic heterocycles. The van der Waals surface area contributed by atoms with Crippen molar-refractivity contribution in [1.82, 2.24) is 10.3 Å². The molecule has 0 aliphatic carbocycles. The molecule has 0 unspecified atom stereocenters. The van der Waals surface area contributed by atoms with Crippen LogP contribution in [0.4, 0.5) is 4.39 Å². The predicted octanol–water partition coefficient (Wildman–Crippen LogP) is 2.32. The van der Waals surface area contributed by atoms with E-state index in [1.54, 1.807) is 19.9 Å². The standard InChI is InChI=1S/C16H17FN2O3/c1-9-4-6-12(15(20)18-9)16(21)19-10(2)13-8-11(17)5-7-14(13)22-3/h4-8,10H,1-3H3,(H,18,20)(H,19,21)/t10-/m0/s1. The maximum atomic E-state index is 13.4. The summed E-state index contributed by atoms with van der Waals surface area (Å²) in [7, 11) is 1.47. The minimum atomic E-state index is -0.528. The molecule has 2 rings (SSSR count). The van der Waals surface area contributed by atoms with Crippen LogP contribution in [-0.4, -0.2) is 18.0 Å². The molecule has 0 spiro atoms. The van der Waals surface area contributed by atoms with E-state index in [1.165, 1.54) is 31.4 Å². The van der Waals surface area contributed by atoms with Gasteiger partial charge in [-0.25, -0.2) is 4.39 Å². The van der Waals surface area contributed by atoms with Crippen LogP contribution in [0.2, 0.25) is 0 Å². The summed E-state index contributed by atoms with van der Waals surface area (Å²) in [5, 5.41) is 2.67. The second-order valence-corrected chi connectivity index (χ2v) is 4.97. The Hall–Kier alpha value is -2.63. The highest BCUT2D eigenvalue weighted by Gasteiger charge is 2.17. The molecule has 0 bridgehead atoms. The van der Waals surface area contributed by atoms with E-state index in [2.05, 4.69) is 10.3 Å². The lowest BCUT2D eigenvalue weighted by Crippen LogP contribution is -2.31. The highest BCUT2D eigenvalue weighted by atomic mass is 19.1. The zero-order valence-electron chi connectivity index (χ0n) is 12.6. The fourth-order valence-electron chi connectivity index (χ4n) is 2.15. The van der Waals surface area contributed by atoms with Crippen LogP contribution in [0, 0.1) is 12.7 Å². The van der Waals surface area contributed by atoms with E-state index in [-0.39, 0.29) is 5.56 Å². The fraction of sp³-hybridized carbons (Fsp3) is 0.250. The number of aromatic amines is 1. The third kappa shape index (κ3) is 3.33. The summed E-state index contributed by atoms with van der Waals surface area (Å²) >= 11 is 0. The van der Waals surface area contributed by atoms with Gasteiger partial charge >= 0.3 is 0 Å². The molecule has 0 aliphatic rings. The van der Waals surface area contributed by atoms with Crippen molar-refractivity contribution in [3.63, 3.8) is 0 Å². The fourth-order valence-corrected chi connectivity index (χ4v) is 2.15. The van der Waals surface area contributed by atoms with Crippen LogP contribution in [-0.2, 0) is 0 Å². The van der Waals surface area contributed by atoms with Crippen molar-refractivity contribution in [1.29, 1.82) is 0 Å². The van der Waals surface area contributed by atoms with Gasteiger partial charge in [-0.3, -0.25) is 9.59 Å². The van der Waals surface area contributed by atoms with Gasteiger partial charge in [0.15, 0.2) is 0 Å². The molecule has 116 valence electrons. The van der Waals surface area contributed by atoms with Crippen LogP contribution in [0.1, 0.15) is 34.6 Å². The van der Waals surface area contributed by atoms with E-state index in [4.69, 9.17) is 4.74 Å². The number of aromatic nitrogens is 1. The van der Waals surface area contributed by atoms with Crippen molar-refractivity contribution in [2.24, 2.45) is 0 Å². The summed E-state index contributed by atoms with van der Waals surface area (Å²) < 4.78 is 18.6. The summed E-state index contributed by atoms with van der Waals surface area (Å²) in [4.78, 5) is 26.5. The number of rotatable bonds is 4. The number of amides is 1. The van der Waals surface area contributed by atoms with Crippen LogP contribution in [0.3, 0.4) is 0 Å². The van der Waals surface area contributed by atoms with Crippen molar-refractivity contribution >= 4 is 5.91 Å². The molecule has 6 heteroatoms. The molecule has 22 heavy (non-hydrogen) atoms. The monoisotopic (exact) mass is 304 g/mol. The summed E-state index contributed by atoms with van der Waals surface area (Å²) in [5.74, 6) is -0.489. The Morgan fingerprint density at radius 3 is 2.68 bits per heavy atom. The van der Waals surface area contributed by atoms with Crippen LogP contribution in [0.15, 0.2) is 35.1 Å². The van der Waals surface area contributed by atoms with Gasteiger partial charge in [0.1, 0.15) is 17.1 Å². The number of pyridine rings is 1. The molecular formula is C16H17FN2O3. The molecule has 5 nitrogen and oxygen atoms in total. The Kier molecular flexibility index (Phi) is 4.60. The first-order chi connectivity index (χ1) is 10.4. The van der Waals surface area contributed by atoms with Crippen LogP contribution < -0.4 is 15.6 Å². The average Bonchev–Trinajstić information content (AvgIpc) is 2.46. The predicted molar refractivity (Wildman–Crippen MR) is 80.6 cm³/mol. The van der Waals surface area contributed by atoms with Crippen molar-refractivity contribution in [3.05, 3.63) is 63.3 Å². The number of ether oxygens (including phenoxy) is 1. The summed E-state index contributed by atoms with van der Waals surface area (Å²) in [6.45, 7) is 3.42. The van der Waals surface area contributed by atoms with Gasteiger partial charge in [0, 0.05) is 11.3 Å². The lowest BCUT2D eigenvalue weighted by molar-refractivity contribution is 0.0938. The third-order valence-corrected chi connectivity index (χ3v) is 3.31. The molecule has 0 fully saturated rings. The number of nitrogens with one attached hydrogen (secondary N) is 2. The maximum Gasteiger partial charge on any atom is 0.260 e. The third-order valence-electron chi connectivity index (χ3n) is 3.31. The highest BCUT2D eigenvalue weighted by Crippen LogP contribution is 2.25. The Bertz CT molecular complexity index is 755. The van der Waals surface area contributed by atoms with Gasteiger partial charge in [0.2, 0.25) is 0 Å². The molecule has 2 N–H and O–H groups in total. The van der Waals surface area contributed by atoms with Crippen LogP contribution in [0.25, 0.3) is 0 Å². The first-order valence-corrected chi connectivity index (χ1v) is 6.76. The largest absolute Gasteiger partial charge is 0.496 e. The number of benzene rings is 1. The Morgan fingerprint density at radius 2 is 2.05 bits per heavy atom. The molecule has 1 atom stereocenters. The van der Waals surface area contributed by atoms with E-state index in [0.29, 0.717) is 17.0 Å². The number of H-pyrrole nitrogens is 1. The average molecular weight is 304 g/mol. The van der Waals surface area contributed by atoms with Gasteiger partial charge in [-0.2, -0.15) is 0 Å². The van der Waals surface area contributed by atoms with Gasteiger partial charge in [0.05, 0.1) is 13.2 Å².